The van der Waals surface area contributed by atoms with Crippen LogP contribution in [-0.4, -0.2) is 109 Å². The second-order valence-corrected chi connectivity index (χ2v) is 17.8. The number of fused-ring (bicyclic) bond motifs is 3. The van der Waals surface area contributed by atoms with Gasteiger partial charge in [-0.2, -0.15) is 0 Å². The molecule has 3 aliphatic heterocycles. The van der Waals surface area contributed by atoms with Crippen LogP contribution in [-0.2, 0) is 25.6 Å². The first-order valence-electron chi connectivity index (χ1n) is 23.7. The average Bonchev–Trinajstić information content (AvgIpc) is 4.16. The first-order chi connectivity index (χ1) is 31.5. The number of hydrogen-bond acceptors (Lipinski definition) is 11. The molecule has 2 saturated heterocycles. The summed E-state index contributed by atoms with van der Waals surface area (Å²) in [5.74, 6) is -0.466. The minimum absolute atomic E-state index is 0.0785. The summed E-state index contributed by atoms with van der Waals surface area (Å²) in [5.41, 5.74) is 3.66. The Hall–Kier alpha value is -4.72. The second-order valence-electron chi connectivity index (χ2n) is 17.8. The van der Waals surface area contributed by atoms with Crippen molar-refractivity contribution in [2.75, 3.05) is 59.3 Å². The quantitative estimate of drug-likeness (QED) is 0.0412. The zero-order valence-corrected chi connectivity index (χ0v) is 37.3. The fraction of sp³-hybridized carbons (Fsp3) is 0.538. The van der Waals surface area contributed by atoms with Gasteiger partial charge in [0.25, 0.3) is 0 Å². The number of allylic oxidation sites excluding steroid dienone is 1. The van der Waals surface area contributed by atoms with Gasteiger partial charge in [-0.25, -0.2) is 4.79 Å². The van der Waals surface area contributed by atoms with Gasteiger partial charge in [0.15, 0.2) is 0 Å². The summed E-state index contributed by atoms with van der Waals surface area (Å²) in [7, 11) is 0. The van der Waals surface area contributed by atoms with Crippen LogP contribution in [0.1, 0.15) is 87.7 Å². The van der Waals surface area contributed by atoms with Crippen molar-refractivity contribution in [2.45, 2.75) is 101 Å². The molecule has 0 spiro atoms. The SMILES string of the molecule is C=CCCOC(=O)N(Cc1cccc2ccccc12)C1CC(=NOC2CCCCO2)C2=CC(CCCCO)C(CCCCO)C3c4cc(OCCN5CC5)ccc4OC1(OCC=C)C23. The van der Waals surface area contributed by atoms with Crippen LogP contribution >= 0.6 is 0 Å². The van der Waals surface area contributed by atoms with E-state index in [1.165, 1.54) is 0 Å². The van der Waals surface area contributed by atoms with Crippen molar-refractivity contribution in [3.05, 3.63) is 109 Å². The number of aliphatic hydroxyl groups is 2. The fourth-order valence-electron chi connectivity index (χ4n) is 10.5. The summed E-state index contributed by atoms with van der Waals surface area (Å²) in [4.78, 5) is 25.4. The van der Waals surface area contributed by atoms with Gasteiger partial charge in [0.1, 0.15) is 24.1 Å². The van der Waals surface area contributed by atoms with E-state index >= 15 is 0 Å². The number of benzene rings is 3. The van der Waals surface area contributed by atoms with Crippen molar-refractivity contribution in [3.8, 4) is 11.5 Å². The average molecular weight is 878 g/mol. The lowest BCUT2D eigenvalue weighted by Gasteiger charge is -2.60. The van der Waals surface area contributed by atoms with Crippen LogP contribution in [0.25, 0.3) is 10.8 Å². The van der Waals surface area contributed by atoms with Crippen LogP contribution in [0.5, 0.6) is 11.5 Å². The molecule has 0 bridgehead atoms. The molecule has 1 saturated carbocycles. The van der Waals surface area contributed by atoms with Crippen molar-refractivity contribution in [1.29, 1.82) is 0 Å². The maximum atomic E-state index is 15.0. The summed E-state index contributed by atoms with van der Waals surface area (Å²) in [6, 6.07) is 19.7. The molecule has 0 radical (unpaired) electrons. The second kappa shape index (κ2) is 22.0. The monoisotopic (exact) mass is 877 g/mol. The first-order valence-corrected chi connectivity index (χ1v) is 23.7. The van der Waals surface area contributed by atoms with Crippen LogP contribution in [0.3, 0.4) is 0 Å². The molecular weight excluding hydrogens is 811 g/mol. The molecule has 0 aromatic heterocycles. The van der Waals surface area contributed by atoms with Gasteiger partial charge in [0.2, 0.25) is 12.1 Å². The Balaban J connectivity index is 1.33. The highest BCUT2D eigenvalue weighted by molar-refractivity contribution is 6.03. The van der Waals surface area contributed by atoms with Crippen LogP contribution in [0.4, 0.5) is 4.79 Å². The fourth-order valence-corrected chi connectivity index (χ4v) is 10.5. The Bertz CT molecular complexity index is 2110. The highest BCUT2D eigenvalue weighted by Crippen LogP contribution is 2.62. The van der Waals surface area contributed by atoms with Gasteiger partial charge in [-0.1, -0.05) is 78.7 Å². The van der Waals surface area contributed by atoms with Crippen molar-refractivity contribution in [2.24, 2.45) is 22.9 Å². The Labute approximate surface area is 378 Å². The van der Waals surface area contributed by atoms with E-state index in [2.05, 4.69) is 54.5 Å². The number of rotatable bonds is 23. The number of carbonyl (C=O) groups is 1. The lowest BCUT2D eigenvalue weighted by atomic mass is 9.55. The Morgan fingerprint density at radius 1 is 0.969 bits per heavy atom. The van der Waals surface area contributed by atoms with E-state index in [1.807, 2.05) is 30.3 Å². The molecule has 1 amide bonds. The molecule has 5 aliphatic rings. The van der Waals surface area contributed by atoms with Crippen LogP contribution in [0.2, 0.25) is 0 Å². The molecule has 3 aromatic carbocycles. The van der Waals surface area contributed by atoms with Gasteiger partial charge >= 0.3 is 6.09 Å². The number of aliphatic hydroxyl groups excluding tert-OH is 2. The number of hydrogen-bond donors (Lipinski definition) is 2. The van der Waals surface area contributed by atoms with Gasteiger partial charge in [0, 0.05) is 57.2 Å². The van der Waals surface area contributed by atoms with Crippen LogP contribution in [0, 0.1) is 17.8 Å². The van der Waals surface area contributed by atoms with Gasteiger partial charge in [-0.15, -0.1) is 13.2 Å². The van der Waals surface area contributed by atoms with Crippen LogP contribution < -0.4 is 9.47 Å². The topological polar surface area (TPSA) is 132 Å². The van der Waals surface area contributed by atoms with Crippen molar-refractivity contribution < 1.29 is 43.5 Å². The minimum Gasteiger partial charge on any atom is -0.492 e. The molecule has 64 heavy (non-hydrogen) atoms. The number of carbonyl (C=O) groups excluding carboxylic acids is 1. The third-order valence-electron chi connectivity index (χ3n) is 13.7. The molecule has 3 fully saturated rings. The molecule has 12 nitrogen and oxygen atoms in total. The zero-order valence-electron chi connectivity index (χ0n) is 37.3. The third kappa shape index (κ3) is 10.4. The molecular formula is C52H67N3O9. The summed E-state index contributed by atoms with van der Waals surface area (Å²) >= 11 is 0. The number of ether oxygens (including phenoxy) is 5. The van der Waals surface area contributed by atoms with Crippen molar-refractivity contribution in [3.63, 3.8) is 0 Å². The first kappa shape index (κ1) is 45.8. The Morgan fingerprint density at radius 2 is 1.80 bits per heavy atom. The van der Waals surface area contributed by atoms with Gasteiger partial charge < -0.3 is 38.7 Å². The third-order valence-corrected chi connectivity index (χ3v) is 13.7. The summed E-state index contributed by atoms with van der Waals surface area (Å²) < 4.78 is 33.3. The number of oxime groups is 1. The standard InChI is InChI=1S/C52H67N3O9/c1-3-5-30-61-51(58)55(36-39-18-14-17-37-15-6-7-19-41(37)39)47-35-45(53-64-48-21-10-13-31-60-48)43-33-38(16-8-11-27-56)42(20-9-12-28-57)49-44-34-40(59-32-26-54-24-25-54)22-23-46(44)63-52(47,50(43)49)62-29-4-2/h3-4,6-7,14-15,17-19,22-23,33-34,38,42,47-50,56-57H,1-2,5,8-13,16,20-21,24-32,35-36H2. The van der Waals surface area contributed by atoms with Gasteiger partial charge in [-0.05, 0) is 96.9 Å². The van der Waals surface area contributed by atoms with Gasteiger partial charge in [0.05, 0.1) is 38.0 Å². The van der Waals surface area contributed by atoms with E-state index in [9.17, 15) is 15.0 Å². The predicted octanol–water partition coefficient (Wildman–Crippen LogP) is 8.91. The highest BCUT2D eigenvalue weighted by atomic mass is 16.8. The predicted molar refractivity (Wildman–Crippen MR) is 247 cm³/mol. The van der Waals surface area contributed by atoms with E-state index in [-0.39, 0.29) is 57.1 Å². The number of unbranched alkanes of at least 4 members (excludes halogenated alkanes) is 2. The molecule has 8 rings (SSSR count). The van der Waals surface area contributed by atoms with Crippen molar-refractivity contribution >= 4 is 22.6 Å². The number of nitrogens with zero attached hydrogens (tertiary/aromatic N) is 3. The Morgan fingerprint density at radius 3 is 2.58 bits per heavy atom. The number of amides is 1. The van der Waals surface area contributed by atoms with E-state index in [0.717, 1.165) is 97.8 Å². The van der Waals surface area contributed by atoms with E-state index < -0.39 is 30.1 Å². The van der Waals surface area contributed by atoms with Crippen LogP contribution in [0.15, 0.2) is 103 Å². The van der Waals surface area contributed by atoms with Crippen molar-refractivity contribution in [1.82, 2.24) is 9.80 Å². The normalized spacial score (nSPS) is 26.5. The molecule has 2 N–H and O–H groups in total. The summed E-state index contributed by atoms with van der Waals surface area (Å²) in [6.45, 7) is 13.0. The molecule has 7 unspecified atom stereocenters. The van der Waals surface area contributed by atoms with E-state index in [0.29, 0.717) is 43.9 Å². The minimum atomic E-state index is -1.44. The lowest BCUT2D eigenvalue weighted by Crippen LogP contribution is -2.70. The molecule has 7 atom stereocenters. The smallest absolute Gasteiger partial charge is 0.410 e. The zero-order chi connectivity index (χ0) is 44.3. The molecule has 344 valence electrons. The molecule has 2 aliphatic carbocycles. The van der Waals surface area contributed by atoms with E-state index in [1.54, 1.807) is 17.1 Å². The maximum Gasteiger partial charge on any atom is 0.410 e. The molecule has 12 heteroatoms. The summed E-state index contributed by atoms with van der Waals surface area (Å²) in [5, 5.41) is 27.1. The lowest BCUT2D eigenvalue weighted by molar-refractivity contribution is -0.256. The van der Waals surface area contributed by atoms with E-state index in [4.69, 9.17) is 33.7 Å². The summed E-state index contributed by atoms with van der Waals surface area (Å²) in [6.07, 6.45) is 13.0. The largest absolute Gasteiger partial charge is 0.492 e. The highest BCUT2D eigenvalue weighted by Gasteiger charge is 2.66. The van der Waals surface area contributed by atoms with Gasteiger partial charge in [-0.3, -0.25) is 9.80 Å². The molecule has 3 heterocycles. The maximum absolute atomic E-state index is 15.0. The molecule has 3 aromatic rings. The Kier molecular flexibility index (Phi) is 15.7.